The van der Waals surface area contributed by atoms with Crippen LogP contribution in [0, 0.1) is 0 Å². The molecule has 3 rings (SSSR count). The third kappa shape index (κ3) is 6.35. The summed E-state index contributed by atoms with van der Waals surface area (Å²) in [6.07, 6.45) is 1.07. The highest BCUT2D eigenvalue weighted by molar-refractivity contribution is 6.30. The number of carbonyl (C=O) groups excluding carboxylic acids is 2. The molecule has 0 spiro atoms. The minimum absolute atomic E-state index is 0.0277. The Bertz CT molecular complexity index is 873. The zero-order valence-electron chi connectivity index (χ0n) is 17.8. The fourth-order valence-corrected chi connectivity index (χ4v) is 3.92. The van der Waals surface area contributed by atoms with Crippen LogP contribution >= 0.6 is 11.6 Å². The van der Waals surface area contributed by atoms with Crippen molar-refractivity contribution in [3.05, 3.63) is 59.1 Å². The van der Waals surface area contributed by atoms with Crippen LogP contribution in [0.3, 0.4) is 0 Å². The molecule has 7 nitrogen and oxygen atoms in total. The Morgan fingerprint density at radius 3 is 2.45 bits per heavy atom. The van der Waals surface area contributed by atoms with Crippen molar-refractivity contribution in [1.29, 1.82) is 0 Å². The van der Waals surface area contributed by atoms with E-state index in [2.05, 4.69) is 10.6 Å². The molecule has 3 amide bonds. The molecular formula is C23H28ClN3O4. The molecule has 0 unspecified atom stereocenters. The van der Waals surface area contributed by atoms with Crippen LogP contribution in [0.15, 0.2) is 48.5 Å². The number of nitrogens with one attached hydrogen (secondary N) is 2. The molecule has 2 aromatic rings. The largest absolute Gasteiger partial charge is 0.497 e. The second kappa shape index (κ2) is 11.0. The van der Waals surface area contributed by atoms with Gasteiger partial charge in [-0.25, -0.2) is 4.79 Å². The number of amides is 3. The van der Waals surface area contributed by atoms with Crippen molar-refractivity contribution in [2.45, 2.75) is 24.8 Å². The summed E-state index contributed by atoms with van der Waals surface area (Å²) >= 11 is 5.91. The second-order valence-electron chi connectivity index (χ2n) is 7.46. The Morgan fingerprint density at radius 1 is 1.10 bits per heavy atom. The average molecular weight is 446 g/mol. The molecule has 31 heavy (non-hydrogen) atoms. The molecule has 166 valence electrons. The Labute approximate surface area is 187 Å². The Morgan fingerprint density at radius 2 is 1.81 bits per heavy atom. The molecule has 1 fully saturated rings. The van der Waals surface area contributed by atoms with E-state index in [0.29, 0.717) is 36.8 Å². The molecule has 1 aliphatic heterocycles. The quantitative estimate of drug-likeness (QED) is 0.677. The monoisotopic (exact) mass is 445 g/mol. The molecule has 8 heteroatoms. The normalized spacial score (nSPS) is 18.4. The van der Waals surface area contributed by atoms with Crippen LogP contribution in [-0.2, 0) is 9.53 Å². The van der Waals surface area contributed by atoms with E-state index in [4.69, 9.17) is 21.1 Å². The standard InChI is InChI=1S/C23H28ClN3O4/c1-30-14-12-22(28)27-13-11-20(16-3-9-19(31-2)10-4-16)21(15-27)26-23(29)25-18-7-5-17(24)6-8-18/h3-10,20-21H,11-15H2,1-2H3,(H2,25,26,29)/t20-,21+/m0/s1. The zero-order valence-corrected chi connectivity index (χ0v) is 18.5. The number of halogens is 1. The van der Waals surface area contributed by atoms with Crippen LogP contribution in [0.4, 0.5) is 10.5 Å². The maximum atomic E-state index is 12.7. The number of piperidine rings is 1. The van der Waals surface area contributed by atoms with Crippen molar-refractivity contribution in [3.8, 4) is 5.75 Å². The lowest BCUT2D eigenvalue weighted by Crippen LogP contribution is -2.54. The van der Waals surface area contributed by atoms with Gasteiger partial charge in [0.1, 0.15) is 5.75 Å². The molecular weight excluding hydrogens is 418 g/mol. The second-order valence-corrected chi connectivity index (χ2v) is 7.90. The minimum Gasteiger partial charge on any atom is -0.497 e. The summed E-state index contributed by atoms with van der Waals surface area (Å²) in [5.74, 6) is 0.884. The first-order valence-electron chi connectivity index (χ1n) is 10.2. The van der Waals surface area contributed by atoms with Gasteiger partial charge < -0.3 is 25.0 Å². The lowest BCUT2D eigenvalue weighted by molar-refractivity contribution is -0.133. The first kappa shape index (κ1) is 22.9. The van der Waals surface area contributed by atoms with Crippen molar-refractivity contribution in [2.24, 2.45) is 0 Å². The summed E-state index contributed by atoms with van der Waals surface area (Å²) < 4.78 is 10.3. The van der Waals surface area contributed by atoms with Gasteiger partial charge in [-0.15, -0.1) is 0 Å². The molecule has 0 saturated carbocycles. The number of urea groups is 1. The van der Waals surface area contributed by atoms with Crippen LogP contribution in [0.1, 0.15) is 24.3 Å². The van der Waals surface area contributed by atoms with Gasteiger partial charge in [-0.3, -0.25) is 4.79 Å². The lowest BCUT2D eigenvalue weighted by Gasteiger charge is -2.39. The molecule has 0 bridgehead atoms. The van der Waals surface area contributed by atoms with E-state index in [1.54, 1.807) is 43.4 Å². The molecule has 1 aliphatic rings. The van der Waals surface area contributed by atoms with Gasteiger partial charge >= 0.3 is 6.03 Å². The number of benzene rings is 2. The van der Waals surface area contributed by atoms with Crippen LogP contribution in [-0.4, -0.2) is 56.8 Å². The molecule has 2 atom stereocenters. The number of methoxy groups -OCH3 is 2. The number of likely N-dealkylation sites (tertiary alicyclic amines) is 1. The highest BCUT2D eigenvalue weighted by Gasteiger charge is 2.33. The van der Waals surface area contributed by atoms with E-state index in [9.17, 15) is 9.59 Å². The SMILES string of the molecule is COCCC(=O)N1CC[C@@H](c2ccc(OC)cc2)[C@H](NC(=O)Nc2ccc(Cl)cc2)C1. The summed E-state index contributed by atoms with van der Waals surface area (Å²) in [7, 11) is 3.21. The minimum atomic E-state index is -0.322. The topological polar surface area (TPSA) is 79.9 Å². The molecule has 2 N–H and O–H groups in total. The van der Waals surface area contributed by atoms with Crippen molar-refractivity contribution in [1.82, 2.24) is 10.2 Å². The molecule has 0 aliphatic carbocycles. The van der Waals surface area contributed by atoms with Gasteiger partial charge in [0.2, 0.25) is 5.91 Å². The molecule has 1 saturated heterocycles. The Balaban J connectivity index is 1.73. The van der Waals surface area contributed by atoms with E-state index >= 15 is 0 Å². The van der Waals surface area contributed by atoms with E-state index in [1.165, 1.54) is 0 Å². The number of ether oxygens (including phenoxy) is 2. The van der Waals surface area contributed by atoms with Gasteiger partial charge in [0.05, 0.1) is 26.2 Å². The van der Waals surface area contributed by atoms with Crippen LogP contribution in [0.2, 0.25) is 5.02 Å². The molecule has 0 radical (unpaired) electrons. The maximum absolute atomic E-state index is 12.7. The van der Waals surface area contributed by atoms with Crippen molar-refractivity contribution in [2.75, 3.05) is 39.2 Å². The van der Waals surface area contributed by atoms with E-state index in [-0.39, 0.29) is 23.9 Å². The smallest absolute Gasteiger partial charge is 0.319 e. The Kier molecular flexibility index (Phi) is 8.14. The fraction of sp³-hybridized carbons (Fsp3) is 0.391. The zero-order chi connectivity index (χ0) is 22.2. The molecule has 1 heterocycles. The number of carbonyl (C=O) groups is 2. The van der Waals surface area contributed by atoms with Crippen molar-refractivity contribution < 1.29 is 19.1 Å². The Hall–Kier alpha value is -2.77. The number of hydrogen-bond acceptors (Lipinski definition) is 4. The maximum Gasteiger partial charge on any atom is 0.319 e. The van der Waals surface area contributed by atoms with Gasteiger partial charge in [-0.05, 0) is 48.4 Å². The number of rotatable bonds is 7. The van der Waals surface area contributed by atoms with Crippen LogP contribution in [0.5, 0.6) is 5.75 Å². The summed E-state index contributed by atoms with van der Waals surface area (Å²) in [5, 5.41) is 6.49. The number of nitrogens with zero attached hydrogens (tertiary/aromatic N) is 1. The first-order chi connectivity index (χ1) is 15.0. The highest BCUT2D eigenvalue weighted by atomic mass is 35.5. The summed E-state index contributed by atoms with van der Waals surface area (Å²) in [6, 6.07) is 14.2. The predicted octanol–water partition coefficient (Wildman–Crippen LogP) is 3.89. The molecule has 0 aromatic heterocycles. The summed E-state index contributed by atoms with van der Waals surface area (Å²) in [6.45, 7) is 1.45. The van der Waals surface area contributed by atoms with Crippen molar-refractivity contribution >= 4 is 29.2 Å². The third-order valence-electron chi connectivity index (χ3n) is 5.45. The first-order valence-corrected chi connectivity index (χ1v) is 10.6. The highest BCUT2D eigenvalue weighted by Crippen LogP contribution is 2.30. The summed E-state index contributed by atoms with van der Waals surface area (Å²) in [5.41, 5.74) is 1.74. The van der Waals surface area contributed by atoms with E-state index in [0.717, 1.165) is 17.7 Å². The predicted molar refractivity (Wildman–Crippen MR) is 121 cm³/mol. The van der Waals surface area contributed by atoms with Gasteiger partial charge in [0.25, 0.3) is 0 Å². The van der Waals surface area contributed by atoms with Crippen molar-refractivity contribution in [3.63, 3.8) is 0 Å². The molecule has 2 aromatic carbocycles. The van der Waals surface area contributed by atoms with Gasteiger partial charge in [-0.2, -0.15) is 0 Å². The van der Waals surface area contributed by atoms with Gasteiger partial charge in [-0.1, -0.05) is 23.7 Å². The van der Waals surface area contributed by atoms with Gasteiger partial charge in [0.15, 0.2) is 0 Å². The van der Waals surface area contributed by atoms with Gasteiger partial charge in [0, 0.05) is 36.8 Å². The van der Waals surface area contributed by atoms with Crippen LogP contribution in [0.25, 0.3) is 0 Å². The lowest BCUT2D eigenvalue weighted by atomic mass is 9.85. The van der Waals surface area contributed by atoms with Crippen LogP contribution < -0.4 is 15.4 Å². The number of hydrogen-bond donors (Lipinski definition) is 2. The van der Waals surface area contributed by atoms with E-state index < -0.39 is 0 Å². The average Bonchev–Trinajstić information content (AvgIpc) is 2.79. The summed E-state index contributed by atoms with van der Waals surface area (Å²) in [4.78, 5) is 27.0. The number of anilines is 1. The third-order valence-corrected chi connectivity index (χ3v) is 5.70. The fourth-order valence-electron chi connectivity index (χ4n) is 3.79. The van der Waals surface area contributed by atoms with E-state index in [1.807, 2.05) is 24.3 Å².